The fourth-order valence-electron chi connectivity index (χ4n) is 7.31. The van der Waals surface area contributed by atoms with E-state index in [1.54, 1.807) is 56.3 Å². The van der Waals surface area contributed by atoms with Gasteiger partial charge >= 0.3 is 5.97 Å². The number of hydrogen-bond acceptors (Lipinski definition) is 11. The fourth-order valence-corrected chi connectivity index (χ4v) is 7.31. The number of benzene rings is 2. The maximum Gasteiger partial charge on any atom is 0.326 e. The molecular formula is C46H69N9O10. The zero-order valence-electron chi connectivity index (χ0n) is 38.1. The molecule has 0 spiro atoms. The van der Waals surface area contributed by atoms with E-state index in [4.69, 9.17) is 11.5 Å². The van der Waals surface area contributed by atoms with Crippen molar-refractivity contribution in [3.8, 4) is 5.75 Å². The number of phenolic OH excluding ortho intramolecular Hbond substituents is 1. The minimum absolute atomic E-state index is 0.0266. The van der Waals surface area contributed by atoms with Crippen LogP contribution in [0.5, 0.6) is 5.75 Å². The van der Waals surface area contributed by atoms with Gasteiger partial charge in [0.1, 0.15) is 42.0 Å². The summed E-state index contributed by atoms with van der Waals surface area (Å²) in [5.41, 5.74) is 13.2. The van der Waals surface area contributed by atoms with Crippen LogP contribution in [-0.4, -0.2) is 124 Å². The Bertz CT molecular complexity index is 1920. The molecule has 0 aromatic heterocycles. The van der Waals surface area contributed by atoms with Gasteiger partial charge in [0.25, 0.3) is 0 Å². The first-order chi connectivity index (χ1) is 30.9. The van der Waals surface area contributed by atoms with E-state index in [1.165, 1.54) is 24.0 Å². The number of rotatable bonds is 26. The molecular weight excluding hydrogens is 839 g/mol. The molecule has 0 bridgehead atoms. The van der Waals surface area contributed by atoms with Crippen molar-refractivity contribution in [2.24, 2.45) is 23.3 Å². The molecule has 12 N–H and O–H groups in total. The van der Waals surface area contributed by atoms with Gasteiger partial charge < -0.3 is 58.5 Å². The highest BCUT2D eigenvalue weighted by atomic mass is 16.4. The first-order valence-corrected chi connectivity index (χ1v) is 22.5. The van der Waals surface area contributed by atoms with Crippen LogP contribution in [0.15, 0.2) is 54.6 Å². The van der Waals surface area contributed by atoms with Crippen molar-refractivity contribution in [2.45, 2.75) is 135 Å². The SMILES string of the molecule is CC[C@H](C)[C@H](N)C(=O)N1CCC[C@H]1C(=O)N[C@@H](Cc1ccccc1)C(=O)N[C@@H](Cc1ccc(O)cc1)C(=O)NCC(=O)N[C@@H](CCCCN)C(=O)N[C@@H](C)C(=O)N[C@H](C(=O)O)[C@@H](C)CC. The Hall–Kier alpha value is -6.08. The van der Waals surface area contributed by atoms with Gasteiger partial charge in [-0.15, -0.1) is 0 Å². The maximum atomic E-state index is 14.2. The van der Waals surface area contributed by atoms with Gasteiger partial charge in [-0.05, 0) is 80.7 Å². The summed E-state index contributed by atoms with van der Waals surface area (Å²) in [6.45, 7) is 8.67. The molecule has 0 aliphatic carbocycles. The Morgan fingerprint density at radius 1 is 0.723 bits per heavy atom. The zero-order valence-corrected chi connectivity index (χ0v) is 38.1. The predicted octanol–water partition coefficient (Wildman–Crippen LogP) is 0.362. The molecule has 9 atom stereocenters. The highest BCUT2D eigenvalue weighted by Crippen LogP contribution is 2.21. The maximum absolute atomic E-state index is 14.2. The lowest BCUT2D eigenvalue weighted by atomic mass is 9.98. The predicted molar refractivity (Wildman–Crippen MR) is 242 cm³/mol. The molecule has 65 heavy (non-hydrogen) atoms. The molecule has 2 aromatic carbocycles. The molecule has 3 rings (SSSR count). The van der Waals surface area contributed by atoms with E-state index in [9.17, 15) is 48.6 Å². The van der Waals surface area contributed by atoms with Gasteiger partial charge in [-0.3, -0.25) is 33.6 Å². The number of carboxylic acid groups (broad SMARTS) is 1. The van der Waals surface area contributed by atoms with Gasteiger partial charge in [0, 0.05) is 19.4 Å². The average molecular weight is 908 g/mol. The molecule has 0 saturated carbocycles. The Morgan fingerprint density at radius 2 is 1.32 bits per heavy atom. The van der Waals surface area contributed by atoms with Crippen LogP contribution in [0, 0.1) is 11.8 Å². The summed E-state index contributed by atoms with van der Waals surface area (Å²) in [7, 11) is 0. The molecule has 1 aliphatic heterocycles. The number of aromatic hydroxyl groups is 1. The topological polar surface area (TPSA) is 304 Å². The normalized spacial score (nSPS) is 17.2. The highest BCUT2D eigenvalue weighted by molar-refractivity contribution is 5.97. The van der Waals surface area contributed by atoms with Crippen molar-refractivity contribution in [1.82, 2.24) is 36.8 Å². The fraction of sp³-hybridized carbons (Fsp3) is 0.565. The molecule has 1 heterocycles. The summed E-state index contributed by atoms with van der Waals surface area (Å²) in [6, 6.07) is 7.22. The van der Waals surface area contributed by atoms with Crippen LogP contribution >= 0.6 is 0 Å². The molecule has 1 saturated heterocycles. The number of likely N-dealkylation sites (tertiary alicyclic amines) is 1. The number of nitrogens with zero attached hydrogens (tertiary/aromatic N) is 1. The van der Waals surface area contributed by atoms with Gasteiger partial charge in [0.2, 0.25) is 41.4 Å². The third-order valence-electron chi connectivity index (χ3n) is 11.9. The van der Waals surface area contributed by atoms with Gasteiger partial charge in [-0.2, -0.15) is 0 Å². The number of amides is 7. The third-order valence-corrected chi connectivity index (χ3v) is 11.9. The van der Waals surface area contributed by atoms with Crippen LogP contribution in [0.25, 0.3) is 0 Å². The van der Waals surface area contributed by atoms with Crippen molar-refractivity contribution in [2.75, 3.05) is 19.6 Å². The van der Waals surface area contributed by atoms with Gasteiger partial charge in [0.05, 0.1) is 12.6 Å². The lowest BCUT2D eigenvalue weighted by Gasteiger charge is -2.30. The van der Waals surface area contributed by atoms with Crippen LogP contribution in [0.1, 0.15) is 90.7 Å². The lowest BCUT2D eigenvalue weighted by Crippen LogP contribution is -2.59. The Labute approximate surface area is 381 Å². The monoisotopic (exact) mass is 908 g/mol. The second kappa shape index (κ2) is 26.6. The number of carbonyl (C=O) groups excluding carboxylic acids is 7. The minimum atomic E-state index is -1.30. The standard InChI is InChI=1S/C46H69N9O10/c1-6-27(3)38(48)45(63)55-23-13-17-36(55)44(62)53-35(24-30-14-9-8-10-15-30)43(61)52-34(25-31-18-20-32(56)21-19-31)41(59)49-26-37(57)51-33(16-11-12-22-47)42(60)50-29(5)40(58)54-39(46(64)65)28(4)7-2/h8-10,14-15,18-21,27-29,33-36,38-39,56H,6-7,11-13,16-17,22-26,47-48H2,1-5H3,(H,49,59)(H,50,60)(H,51,57)(H,52,61)(H,53,62)(H,54,58)(H,64,65)/t27-,28-,29-,33-,34-,35-,36-,38-,39-/m0/s1. The zero-order chi connectivity index (χ0) is 48.2. The van der Waals surface area contributed by atoms with Gasteiger partial charge in [0.15, 0.2) is 0 Å². The van der Waals surface area contributed by atoms with Crippen molar-refractivity contribution in [3.05, 3.63) is 65.7 Å². The summed E-state index contributed by atoms with van der Waals surface area (Å²) in [6.07, 6.45) is 3.12. The molecule has 1 aliphatic rings. The molecule has 358 valence electrons. The first kappa shape index (κ1) is 53.3. The number of carbonyl (C=O) groups is 8. The molecule has 1 fully saturated rings. The number of unbranched alkanes of at least 4 members (excludes halogenated alkanes) is 1. The summed E-state index contributed by atoms with van der Waals surface area (Å²) in [5.74, 6) is -6.33. The second-order valence-corrected chi connectivity index (χ2v) is 16.8. The van der Waals surface area contributed by atoms with Crippen molar-refractivity contribution < 1.29 is 48.6 Å². The van der Waals surface area contributed by atoms with Crippen LogP contribution < -0.4 is 43.4 Å². The molecule has 19 heteroatoms. The highest BCUT2D eigenvalue weighted by Gasteiger charge is 2.39. The Kier molecular flexibility index (Phi) is 21.8. The van der Waals surface area contributed by atoms with Crippen LogP contribution in [-0.2, 0) is 51.2 Å². The molecule has 19 nitrogen and oxygen atoms in total. The van der Waals surface area contributed by atoms with Crippen LogP contribution in [0.3, 0.4) is 0 Å². The summed E-state index contributed by atoms with van der Waals surface area (Å²) in [4.78, 5) is 108. The van der Waals surface area contributed by atoms with Gasteiger partial charge in [-0.25, -0.2) is 4.79 Å². The molecule has 2 aromatic rings. The largest absolute Gasteiger partial charge is 0.508 e. The van der Waals surface area contributed by atoms with E-state index in [-0.39, 0.29) is 42.8 Å². The van der Waals surface area contributed by atoms with E-state index < -0.39 is 90.3 Å². The summed E-state index contributed by atoms with van der Waals surface area (Å²) in [5, 5.41) is 35.2. The summed E-state index contributed by atoms with van der Waals surface area (Å²) < 4.78 is 0. The van der Waals surface area contributed by atoms with Crippen LogP contribution in [0.2, 0.25) is 0 Å². The van der Waals surface area contributed by atoms with E-state index in [1.807, 2.05) is 13.8 Å². The van der Waals surface area contributed by atoms with Crippen LogP contribution in [0.4, 0.5) is 0 Å². The van der Waals surface area contributed by atoms with E-state index >= 15 is 0 Å². The van der Waals surface area contributed by atoms with Crippen molar-refractivity contribution >= 4 is 47.3 Å². The number of carboxylic acids is 1. The minimum Gasteiger partial charge on any atom is -0.508 e. The van der Waals surface area contributed by atoms with E-state index in [0.717, 1.165) is 0 Å². The number of phenols is 1. The number of nitrogens with two attached hydrogens (primary N) is 2. The smallest absolute Gasteiger partial charge is 0.326 e. The average Bonchev–Trinajstić information content (AvgIpc) is 3.79. The Balaban J connectivity index is 1.79. The number of aliphatic carboxylic acids is 1. The van der Waals surface area contributed by atoms with E-state index in [2.05, 4.69) is 31.9 Å². The summed E-state index contributed by atoms with van der Waals surface area (Å²) >= 11 is 0. The van der Waals surface area contributed by atoms with Crippen molar-refractivity contribution in [1.29, 1.82) is 0 Å². The lowest BCUT2D eigenvalue weighted by molar-refractivity contribution is -0.143. The second-order valence-electron chi connectivity index (χ2n) is 16.8. The third kappa shape index (κ3) is 16.8. The quantitative estimate of drug-likeness (QED) is 0.0573. The molecule has 0 unspecified atom stereocenters. The van der Waals surface area contributed by atoms with Crippen molar-refractivity contribution in [3.63, 3.8) is 0 Å². The molecule has 7 amide bonds. The van der Waals surface area contributed by atoms with Gasteiger partial charge in [-0.1, -0.05) is 83.0 Å². The first-order valence-electron chi connectivity index (χ1n) is 22.5. The Morgan fingerprint density at radius 3 is 1.92 bits per heavy atom. The number of nitrogens with one attached hydrogen (secondary N) is 6. The van der Waals surface area contributed by atoms with E-state index in [0.29, 0.717) is 62.7 Å². The molecule has 0 radical (unpaired) electrons. The number of hydrogen-bond donors (Lipinski definition) is 10.